The van der Waals surface area contributed by atoms with Gasteiger partial charge in [-0.25, -0.2) is 9.69 Å². The van der Waals surface area contributed by atoms with E-state index in [-0.39, 0.29) is 24.9 Å². The van der Waals surface area contributed by atoms with Crippen LogP contribution in [0.1, 0.15) is 32.3 Å². The largest absolute Gasteiger partial charge is 0.622 e. The van der Waals surface area contributed by atoms with Crippen LogP contribution in [-0.4, -0.2) is 47.4 Å². The van der Waals surface area contributed by atoms with Crippen molar-refractivity contribution in [1.29, 1.82) is 0 Å². The van der Waals surface area contributed by atoms with Crippen molar-refractivity contribution in [1.82, 2.24) is 5.32 Å². The lowest BCUT2D eigenvalue weighted by Gasteiger charge is -2.41. The second-order valence-corrected chi connectivity index (χ2v) is 7.53. The molecule has 0 atom stereocenters. The van der Waals surface area contributed by atoms with Crippen LogP contribution in [-0.2, 0) is 10.2 Å². The number of carboxylic acid groups (broad SMARTS) is 1. The Kier molecular flexibility index (Phi) is 4.49. The number of rotatable bonds is 2. The Hall–Kier alpha value is -2.45. The van der Waals surface area contributed by atoms with Gasteiger partial charge in [-0.2, -0.15) is 4.79 Å². The number of likely N-dealkylation sites (tertiary alicyclic amines) is 1. The van der Waals surface area contributed by atoms with E-state index in [0.717, 1.165) is 5.56 Å². The molecule has 1 aromatic carbocycles. The van der Waals surface area contributed by atoms with Crippen LogP contribution in [0.15, 0.2) is 24.3 Å². The zero-order valence-corrected chi connectivity index (χ0v) is 14.9. The molecule has 0 bridgehead atoms. The number of hydrogen-bond donors (Lipinski definition) is 2. The maximum Gasteiger partial charge on any atom is 0.513 e. The molecule has 1 saturated heterocycles. The molecule has 2 N–H and O–H groups in total. The third kappa shape index (κ3) is 2.95. The van der Waals surface area contributed by atoms with Crippen LogP contribution in [0.2, 0.25) is 0 Å². The average Bonchev–Trinajstić information content (AvgIpc) is 2.81. The fourth-order valence-electron chi connectivity index (χ4n) is 3.65. The summed E-state index contributed by atoms with van der Waals surface area (Å²) in [4.78, 5) is 37.5. The van der Waals surface area contributed by atoms with Crippen molar-refractivity contribution >= 4 is 23.7 Å². The van der Waals surface area contributed by atoms with Gasteiger partial charge in [0.1, 0.15) is 0 Å². The average molecular weight is 361 g/mol. The van der Waals surface area contributed by atoms with Gasteiger partial charge in [0.2, 0.25) is 5.91 Å². The van der Waals surface area contributed by atoms with Crippen molar-refractivity contribution in [3.05, 3.63) is 35.0 Å². The molecule has 2 aliphatic rings. The molecule has 0 saturated carbocycles. The van der Waals surface area contributed by atoms with E-state index in [9.17, 15) is 19.6 Å². The predicted molar refractivity (Wildman–Crippen MR) is 94.5 cm³/mol. The topological polar surface area (TPSA) is 110 Å². The number of para-hydroxylation sites is 1. The molecule has 0 aromatic heterocycles. The second-order valence-electron chi connectivity index (χ2n) is 7.53. The summed E-state index contributed by atoms with van der Waals surface area (Å²) >= 11 is 0. The number of nitrogens with zero attached hydrogens (tertiary/aromatic N) is 2. The zero-order valence-electron chi connectivity index (χ0n) is 14.9. The lowest BCUT2D eigenvalue weighted by Crippen LogP contribution is -2.53. The fraction of sp³-hybridized carbons (Fsp3) is 0.500. The highest BCUT2D eigenvalue weighted by Crippen LogP contribution is 2.41. The normalized spacial score (nSPS) is 27.1. The van der Waals surface area contributed by atoms with E-state index in [1.807, 2.05) is 12.1 Å². The zero-order chi connectivity index (χ0) is 19.1. The third-order valence-corrected chi connectivity index (χ3v) is 5.45. The number of nitrogens with one attached hydrogen (secondary N) is 1. The van der Waals surface area contributed by atoms with Crippen LogP contribution in [0.5, 0.6) is 0 Å². The molecule has 26 heavy (non-hydrogen) atoms. The predicted octanol–water partition coefficient (Wildman–Crippen LogP) is 2.42. The number of quaternary nitrogens is 1. The van der Waals surface area contributed by atoms with Crippen molar-refractivity contribution in [3.8, 4) is 0 Å². The van der Waals surface area contributed by atoms with Crippen molar-refractivity contribution < 1.29 is 24.1 Å². The Morgan fingerprint density at radius 2 is 1.92 bits per heavy atom. The summed E-state index contributed by atoms with van der Waals surface area (Å²) in [5, 5.41) is 23.7. The van der Waals surface area contributed by atoms with Gasteiger partial charge < -0.3 is 15.6 Å². The first-order chi connectivity index (χ1) is 12.2. The number of hydroxylamine groups is 3. The molecule has 2 aliphatic heterocycles. The van der Waals surface area contributed by atoms with Crippen LogP contribution in [0.4, 0.5) is 15.3 Å². The number of imide groups is 1. The maximum absolute atomic E-state index is 12.7. The van der Waals surface area contributed by atoms with Crippen LogP contribution in [0.25, 0.3) is 0 Å². The Morgan fingerprint density at radius 1 is 1.31 bits per heavy atom. The van der Waals surface area contributed by atoms with E-state index in [4.69, 9.17) is 5.11 Å². The molecule has 2 heterocycles. The van der Waals surface area contributed by atoms with Gasteiger partial charge in [0.15, 0.2) is 0 Å². The Labute approximate surface area is 151 Å². The van der Waals surface area contributed by atoms with E-state index in [2.05, 4.69) is 5.32 Å². The van der Waals surface area contributed by atoms with Gasteiger partial charge in [0.25, 0.3) is 0 Å². The van der Waals surface area contributed by atoms with Gasteiger partial charge >= 0.3 is 12.1 Å². The van der Waals surface area contributed by atoms with E-state index in [1.165, 1.54) is 4.90 Å². The summed E-state index contributed by atoms with van der Waals surface area (Å²) in [6.45, 7) is 3.88. The number of piperidine rings is 1. The van der Waals surface area contributed by atoms with Crippen molar-refractivity contribution in [2.75, 3.05) is 24.5 Å². The van der Waals surface area contributed by atoms with Gasteiger partial charge in [-0.1, -0.05) is 18.2 Å². The highest BCUT2D eigenvalue weighted by atomic mass is 16.6. The summed E-state index contributed by atoms with van der Waals surface area (Å²) in [7, 11) is 0. The van der Waals surface area contributed by atoms with Crippen LogP contribution < -0.4 is 10.2 Å². The van der Waals surface area contributed by atoms with E-state index < -0.39 is 22.2 Å². The van der Waals surface area contributed by atoms with Crippen LogP contribution in [0, 0.1) is 11.1 Å². The number of benzene rings is 1. The molecule has 4 amide bonds. The molecular formula is C18H23N3O5. The number of carbonyl (C=O) groups excluding carboxylic acids is 2. The van der Waals surface area contributed by atoms with Crippen LogP contribution in [0.3, 0.4) is 0 Å². The van der Waals surface area contributed by atoms with E-state index >= 15 is 0 Å². The number of urea groups is 1. The second kappa shape index (κ2) is 6.37. The van der Waals surface area contributed by atoms with Crippen molar-refractivity contribution in [3.63, 3.8) is 0 Å². The minimum Gasteiger partial charge on any atom is -0.622 e. The first kappa shape index (κ1) is 18.3. The monoisotopic (exact) mass is 361 g/mol. The highest BCUT2D eigenvalue weighted by Gasteiger charge is 2.46. The third-order valence-electron chi connectivity index (χ3n) is 5.45. The van der Waals surface area contributed by atoms with E-state index in [0.29, 0.717) is 25.1 Å². The summed E-state index contributed by atoms with van der Waals surface area (Å²) in [6, 6.07) is 6.73. The maximum atomic E-state index is 12.7. The summed E-state index contributed by atoms with van der Waals surface area (Å²) in [5.74, 6) is -0.250. The summed E-state index contributed by atoms with van der Waals surface area (Å²) in [6.07, 6.45) is -0.521. The van der Waals surface area contributed by atoms with E-state index in [1.54, 1.807) is 26.0 Å². The number of fused-ring (bicyclic) bond motifs is 1. The van der Waals surface area contributed by atoms with Gasteiger partial charge in [-0.15, -0.1) is 0 Å². The number of anilines is 1. The molecule has 0 radical (unpaired) electrons. The molecule has 1 aromatic rings. The summed E-state index contributed by atoms with van der Waals surface area (Å²) < 4.78 is -1.23. The quantitative estimate of drug-likeness (QED) is 0.621. The Balaban J connectivity index is 1.63. The van der Waals surface area contributed by atoms with Gasteiger partial charge in [-0.3, -0.25) is 9.44 Å². The SMILES string of the molecule is CC1(C)C(=O)N(C(=O)NCC2CC[N+]([O-])(C(=O)O)CC2)c2ccccc21. The van der Waals surface area contributed by atoms with Gasteiger partial charge in [0, 0.05) is 19.4 Å². The minimum absolute atomic E-state index is 0.00558. The molecule has 0 unspecified atom stereocenters. The first-order valence-corrected chi connectivity index (χ1v) is 8.70. The molecule has 3 rings (SSSR count). The van der Waals surface area contributed by atoms with Gasteiger partial charge in [-0.05, 0) is 31.4 Å². The lowest BCUT2D eigenvalue weighted by atomic mass is 9.86. The molecule has 8 nitrogen and oxygen atoms in total. The molecule has 1 fully saturated rings. The highest BCUT2D eigenvalue weighted by molar-refractivity contribution is 6.22. The fourth-order valence-corrected chi connectivity index (χ4v) is 3.65. The van der Waals surface area contributed by atoms with Crippen molar-refractivity contribution in [2.24, 2.45) is 5.92 Å². The Morgan fingerprint density at radius 3 is 2.54 bits per heavy atom. The molecule has 0 spiro atoms. The molecule has 8 heteroatoms. The molecule has 0 aliphatic carbocycles. The lowest BCUT2D eigenvalue weighted by molar-refractivity contribution is -0.814. The van der Waals surface area contributed by atoms with Crippen LogP contribution >= 0.6 is 0 Å². The molecule has 140 valence electrons. The first-order valence-electron chi connectivity index (χ1n) is 8.70. The minimum atomic E-state index is -1.37. The smallest absolute Gasteiger partial charge is 0.513 e. The standard InChI is InChI=1S/C18H23N3O5/c1-18(2)13-5-3-4-6-14(13)20(15(18)22)16(23)19-11-12-7-9-21(26,10-8-12)17(24)25/h3-6,12H,7-11H2,1-2H3,(H,19,23)(H,24,25). The van der Waals surface area contributed by atoms with Crippen molar-refractivity contribution in [2.45, 2.75) is 32.1 Å². The molecular weight excluding hydrogens is 338 g/mol. The number of carbonyl (C=O) groups is 3. The van der Waals surface area contributed by atoms with Gasteiger partial charge in [0.05, 0.1) is 24.2 Å². The summed E-state index contributed by atoms with van der Waals surface area (Å²) in [5.41, 5.74) is 0.636. The number of amides is 4. The Bertz CT molecular complexity index is 753. The number of hydrogen-bond acceptors (Lipinski definition) is 4.